The van der Waals surface area contributed by atoms with Crippen LogP contribution in [0.2, 0.25) is 0 Å². The fraction of sp³-hybridized carbons (Fsp3) is 0.700. The third kappa shape index (κ3) is 7.32. The van der Waals surface area contributed by atoms with Gasteiger partial charge in [0.2, 0.25) is 5.90 Å². The van der Waals surface area contributed by atoms with Gasteiger partial charge in [-0.05, 0) is 33.6 Å². The number of hydrogen-bond donors (Lipinski definition) is 0. The van der Waals surface area contributed by atoms with E-state index < -0.39 is 0 Å². The third-order valence-corrected chi connectivity index (χ3v) is 1.26. The summed E-state index contributed by atoms with van der Waals surface area (Å²) in [5.41, 5.74) is -0.231. The zero-order chi connectivity index (χ0) is 9.61. The fourth-order valence-corrected chi connectivity index (χ4v) is 0.828. The van der Waals surface area contributed by atoms with E-state index >= 15 is 0 Å². The summed E-state index contributed by atoms with van der Waals surface area (Å²) in [5.74, 6) is 0.00403. The van der Waals surface area contributed by atoms with Crippen molar-refractivity contribution >= 4 is 5.90 Å². The first-order chi connectivity index (χ1) is 5.45. The summed E-state index contributed by atoms with van der Waals surface area (Å²) in [5, 5.41) is 11.1. The van der Waals surface area contributed by atoms with Crippen molar-refractivity contribution in [2.75, 3.05) is 0 Å². The molecule has 0 aliphatic carbocycles. The standard InChI is InChI=1S/C10H18NO/c1-5-6-7-8-9(12)11-10(2,3)4/h5H,1,6-8H2,2-4H3. The summed E-state index contributed by atoms with van der Waals surface area (Å²) in [7, 11) is 0. The molecule has 0 aliphatic rings. The highest BCUT2D eigenvalue weighted by molar-refractivity contribution is 5.73. The molecule has 0 aromatic rings. The Morgan fingerprint density at radius 1 is 1.50 bits per heavy atom. The van der Waals surface area contributed by atoms with E-state index in [1.54, 1.807) is 0 Å². The van der Waals surface area contributed by atoms with E-state index in [0.29, 0.717) is 6.42 Å². The lowest BCUT2D eigenvalue weighted by atomic mass is 10.1. The second-order valence-electron chi connectivity index (χ2n) is 3.86. The van der Waals surface area contributed by atoms with Crippen LogP contribution >= 0.6 is 0 Å². The van der Waals surface area contributed by atoms with Crippen LogP contribution < -0.4 is 0 Å². The van der Waals surface area contributed by atoms with Gasteiger partial charge in [0.25, 0.3) is 0 Å². The van der Waals surface area contributed by atoms with E-state index in [2.05, 4.69) is 11.6 Å². The Morgan fingerprint density at radius 3 is 2.50 bits per heavy atom. The van der Waals surface area contributed by atoms with Crippen molar-refractivity contribution in [3.8, 4) is 0 Å². The minimum absolute atomic E-state index is 0.00403. The lowest BCUT2D eigenvalue weighted by molar-refractivity contribution is 0.393. The number of hydrogen-bond acceptors (Lipinski definition) is 1. The van der Waals surface area contributed by atoms with Crippen LogP contribution in [0.3, 0.4) is 0 Å². The van der Waals surface area contributed by atoms with Gasteiger partial charge in [0.15, 0.2) is 0 Å². The van der Waals surface area contributed by atoms with Crippen molar-refractivity contribution < 1.29 is 5.11 Å². The Hall–Kier alpha value is -0.790. The lowest BCUT2D eigenvalue weighted by Crippen LogP contribution is -2.13. The molecule has 0 spiro atoms. The Kier molecular flexibility index (Phi) is 4.64. The Labute approximate surface area is 75.0 Å². The zero-order valence-corrected chi connectivity index (χ0v) is 8.26. The second kappa shape index (κ2) is 4.96. The molecule has 2 heteroatoms. The van der Waals surface area contributed by atoms with Gasteiger partial charge in [-0.3, -0.25) is 5.11 Å². The molecule has 0 fully saturated rings. The molecule has 0 unspecified atom stereocenters. The topological polar surface area (TPSA) is 32.3 Å². The quantitative estimate of drug-likeness (QED) is 0.267. The molecule has 0 amide bonds. The summed E-state index contributed by atoms with van der Waals surface area (Å²) in [6.45, 7) is 9.38. The first-order valence-corrected chi connectivity index (χ1v) is 4.32. The third-order valence-electron chi connectivity index (χ3n) is 1.26. The summed E-state index contributed by atoms with van der Waals surface area (Å²) in [6.07, 6.45) is 4.13. The van der Waals surface area contributed by atoms with E-state index in [1.807, 2.05) is 26.8 Å². The van der Waals surface area contributed by atoms with Gasteiger partial charge in [0.05, 0.1) is 5.54 Å². The van der Waals surface area contributed by atoms with Gasteiger partial charge < -0.3 is 0 Å². The van der Waals surface area contributed by atoms with Crippen molar-refractivity contribution in [2.45, 2.75) is 45.6 Å². The van der Waals surface area contributed by atoms with Crippen LogP contribution in [0.25, 0.3) is 0 Å². The predicted octanol–water partition coefficient (Wildman–Crippen LogP) is 2.97. The van der Waals surface area contributed by atoms with Gasteiger partial charge in [-0.25, -0.2) is 4.99 Å². The van der Waals surface area contributed by atoms with Crippen LogP contribution in [0, 0.1) is 0 Å². The predicted molar refractivity (Wildman–Crippen MR) is 51.9 cm³/mol. The first-order valence-electron chi connectivity index (χ1n) is 4.32. The number of nitrogens with zero attached hydrogens (tertiary/aromatic N) is 1. The van der Waals surface area contributed by atoms with Gasteiger partial charge in [-0.2, -0.15) is 0 Å². The monoisotopic (exact) mass is 168 g/mol. The highest BCUT2D eigenvalue weighted by Gasteiger charge is 2.09. The highest BCUT2D eigenvalue weighted by atomic mass is 16.3. The van der Waals surface area contributed by atoms with Gasteiger partial charge in [0, 0.05) is 6.42 Å². The van der Waals surface area contributed by atoms with Crippen molar-refractivity contribution in [2.24, 2.45) is 4.99 Å². The molecule has 0 saturated heterocycles. The summed E-state index contributed by atoms with van der Waals surface area (Å²) < 4.78 is 0. The van der Waals surface area contributed by atoms with Crippen LogP contribution in [0.1, 0.15) is 40.0 Å². The minimum Gasteiger partial charge on any atom is -0.273 e. The maximum absolute atomic E-state index is 11.1. The summed E-state index contributed by atoms with van der Waals surface area (Å²) in [4.78, 5) is 4.01. The van der Waals surface area contributed by atoms with Crippen LogP contribution in [-0.2, 0) is 5.11 Å². The molecule has 2 nitrogen and oxygen atoms in total. The molecule has 0 N–H and O–H groups in total. The molecule has 69 valence electrons. The average molecular weight is 168 g/mol. The highest BCUT2D eigenvalue weighted by Crippen LogP contribution is 2.08. The normalized spacial score (nSPS) is 13.1. The molecule has 0 saturated carbocycles. The Morgan fingerprint density at radius 2 is 2.08 bits per heavy atom. The van der Waals surface area contributed by atoms with Crippen molar-refractivity contribution in [3.63, 3.8) is 0 Å². The maximum Gasteiger partial charge on any atom is 0.241 e. The molecule has 0 aromatic carbocycles. The van der Waals surface area contributed by atoms with Crippen molar-refractivity contribution in [1.82, 2.24) is 0 Å². The summed E-state index contributed by atoms with van der Waals surface area (Å²) >= 11 is 0. The van der Waals surface area contributed by atoms with E-state index in [0.717, 1.165) is 12.8 Å². The van der Waals surface area contributed by atoms with Crippen LogP contribution in [0.5, 0.6) is 0 Å². The van der Waals surface area contributed by atoms with Gasteiger partial charge >= 0.3 is 0 Å². The minimum atomic E-state index is -0.231. The molecule has 12 heavy (non-hydrogen) atoms. The fourth-order valence-electron chi connectivity index (χ4n) is 0.828. The number of unbranched alkanes of at least 4 members (excludes halogenated alkanes) is 1. The largest absolute Gasteiger partial charge is 0.273 e. The van der Waals surface area contributed by atoms with Gasteiger partial charge in [-0.15, -0.1) is 6.58 Å². The van der Waals surface area contributed by atoms with E-state index in [4.69, 9.17) is 0 Å². The van der Waals surface area contributed by atoms with Crippen LogP contribution in [0.4, 0.5) is 0 Å². The Bertz CT molecular complexity index is 165. The molecule has 0 atom stereocenters. The SMILES string of the molecule is C=CCCCC([O])=NC(C)(C)C. The lowest BCUT2D eigenvalue weighted by Gasteiger charge is -2.11. The summed E-state index contributed by atoms with van der Waals surface area (Å²) in [6, 6.07) is 0. The molecule has 0 bridgehead atoms. The molecular weight excluding hydrogens is 150 g/mol. The van der Waals surface area contributed by atoms with Gasteiger partial charge in [-0.1, -0.05) is 6.08 Å². The van der Waals surface area contributed by atoms with Crippen molar-refractivity contribution in [1.29, 1.82) is 0 Å². The number of allylic oxidation sites excluding steroid dienone is 1. The van der Waals surface area contributed by atoms with E-state index in [-0.39, 0.29) is 11.4 Å². The number of rotatable bonds is 4. The van der Waals surface area contributed by atoms with Crippen molar-refractivity contribution in [3.05, 3.63) is 12.7 Å². The number of aliphatic imine (C=N–C) groups is 1. The van der Waals surface area contributed by atoms with Crippen LogP contribution in [0.15, 0.2) is 17.6 Å². The Balaban J connectivity index is 3.78. The first kappa shape index (κ1) is 11.2. The van der Waals surface area contributed by atoms with E-state index in [9.17, 15) is 5.11 Å². The second-order valence-corrected chi connectivity index (χ2v) is 3.86. The molecule has 0 aliphatic heterocycles. The van der Waals surface area contributed by atoms with Gasteiger partial charge in [0.1, 0.15) is 0 Å². The maximum atomic E-state index is 11.1. The molecule has 1 radical (unpaired) electrons. The zero-order valence-electron chi connectivity index (χ0n) is 8.26. The van der Waals surface area contributed by atoms with Crippen LogP contribution in [-0.4, -0.2) is 11.4 Å². The molecule has 0 rings (SSSR count). The molecule has 0 heterocycles. The smallest absolute Gasteiger partial charge is 0.241 e. The van der Waals surface area contributed by atoms with E-state index in [1.165, 1.54) is 0 Å². The molecular formula is C10H18NO. The molecule has 0 aromatic heterocycles. The average Bonchev–Trinajstić information content (AvgIpc) is 1.84.